The number of nitrogens with one attached hydrogen (secondary N) is 1. The summed E-state index contributed by atoms with van der Waals surface area (Å²) in [5.74, 6) is -1.54. The Morgan fingerprint density at radius 1 is 1.11 bits per heavy atom. The largest absolute Gasteiger partial charge is 0.420 e. The van der Waals surface area contributed by atoms with Crippen molar-refractivity contribution < 1.29 is 19.1 Å². The zero-order valence-corrected chi connectivity index (χ0v) is 14.0. The highest BCUT2D eigenvalue weighted by molar-refractivity contribution is 6.33. The first-order valence-electron chi connectivity index (χ1n) is 7.28. The summed E-state index contributed by atoms with van der Waals surface area (Å²) in [5.41, 5.74) is -0.233. The fourth-order valence-electron chi connectivity index (χ4n) is 2.37. The van der Waals surface area contributed by atoms with Crippen LogP contribution in [0.2, 0.25) is 5.02 Å². The van der Waals surface area contributed by atoms with Gasteiger partial charge >= 0.3 is 5.76 Å². The van der Waals surface area contributed by atoms with Gasteiger partial charge in [0.05, 0.1) is 26.1 Å². The molecule has 27 heavy (non-hydrogen) atoms. The molecule has 0 unspecified atom stereocenters. The number of non-ortho nitro benzene ring substituents is 2. The van der Waals surface area contributed by atoms with Crippen LogP contribution in [-0.4, -0.2) is 20.3 Å². The second kappa shape index (κ2) is 6.88. The minimum absolute atomic E-state index is 0.0578. The van der Waals surface area contributed by atoms with Crippen LogP contribution < -0.4 is 11.1 Å². The molecule has 0 bridgehead atoms. The number of fused-ring (bicyclic) bond motifs is 1. The molecule has 0 fully saturated rings. The van der Waals surface area contributed by atoms with E-state index in [1.54, 1.807) is 0 Å². The first kappa shape index (κ1) is 18.1. The fourth-order valence-corrected chi connectivity index (χ4v) is 2.59. The molecule has 0 spiro atoms. The Labute approximate surface area is 154 Å². The Morgan fingerprint density at radius 3 is 2.37 bits per heavy atom. The number of nitro benzene ring substituents is 2. The number of nitrogens with zero attached hydrogens (tertiary/aromatic N) is 3. The first-order valence-corrected chi connectivity index (χ1v) is 7.65. The molecule has 12 heteroatoms. The van der Waals surface area contributed by atoms with Gasteiger partial charge in [-0.25, -0.2) is 4.79 Å². The van der Waals surface area contributed by atoms with Crippen molar-refractivity contribution >= 4 is 45.7 Å². The van der Waals surface area contributed by atoms with E-state index in [1.807, 2.05) is 0 Å². The molecular formula is C15H9ClN4O7. The van der Waals surface area contributed by atoms with Gasteiger partial charge < -0.3 is 9.73 Å². The van der Waals surface area contributed by atoms with Gasteiger partial charge in [0.25, 0.3) is 11.4 Å². The number of carbonyl (C=O) groups excluding carboxylic acids is 1. The molecule has 1 N–H and O–H groups in total. The molecule has 2 aromatic carbocycles. The lowest BCUT2D eigenvalue weighted by atomic mass is 10.2. The van der Waals surface area contributed by atoms with Crippen molar-refractivity contribution in [1.29, 1.82) is 0 Å². The van der Waals surface area contributed by atoms with Gasteiger partial charge in [-0.1, -0.05) is 11.6 Å². The van der Waals surface area contributed by atoms with E-state index in [0.717, 1.165) is 22.8 Å². The standard InChI is InChI=1S/C15H9ClN4O7/c16-10-5-8(19(23)24)1-3-11(10)17-14(21)7-18-12-6-9(20(25)26)2-4-13(12)27-15(18)22/h1-6H,7H2,(H,17,21). The minimum atomic E-state index is -0.865. The summed E-state index contributed by atoms with van der Waals surface area (Å²) < 4.78 is 5.88. The number of carbonyl (C=O) groups is 1. The molecule has 11 nitrogen and oxygen atoms in total. The summed E-state index contributed by atoms with van der Waals surface area (Å²) in [4.78, 5) is 44.5. The molecule has 1 amide bonds. The number of rotatable bonds is 5. The van der Waals surface area contributed by atoms with Gasteiger partial charge in [-0.05, 0) is 12.1 Å². The molecule has 0 saturated carbocycles. The van der Waals surface area contributed by atoms with E-state index >= 15 is 0 Å². The summed E-state index contributed by atoms with van der Waals surface area (Å²) in [6, 6.07) is 7.03. The van der Waals surface area contributed by atoms with E-state index < -0.39 is 28.1 Å². The average Bonchev–Trinajstić information content (AvgIpc) is 2.91. The Morgan fingerprint density at radius 2 is 1.74 bits per heavy atom. The van der Waals surface area contributed by atoms with Crippen molar-refractivity contribution in [2.75, 3.05) is 5.32 Å². The lowest BCUT2D eigenvalue weighted by Gasteiger charge is -2.07. The number of oxazole rings is 1. The van der Waals surface area contributed by atoms with Gasteiger partial charge in [0.1, 0.15) is 6.54 Å². The van der Waals surface area contributed by atoms with Crippen LogP contribution in [0, 0.1) is 20.2 Å². The van der Waals surface area contributed by atoms with Gasteiger partial charge in [-0.3, -0.25) is 29.6 Å². The molecule has 3 aromatic rings. The number of benzene rings is 2. The molecule has 1 aromatic heterocycles. The number of nitro groups is 2. The zero-order chi connectivity index (χ0) is 19.7. The molecule has 0 aliphatic carbocycles. The van der Waals surface area contributed by atoms with Crippen molar-refractivity contribution in [3.05, 3.63) is 72.2 Å². The highest BCUT2D eigenvalue weighted by Gasteiger charge is 2.17. The van der Waals surface area contributed by atoms with Crippen molar-refractivity contribution in [2.45, 2.75) is 6.54 Å². The van der Waals surface area contributed by atoms with Gasteiger partial charge in [0, 0.05) is 24.3 Å². The monoisotopic (exact) mass is 392 g/mol. The molecular weight excluding hydrogens is 384 g/mol. The van der Waals surface area contributed by atoms with Gasteiger partial charge in [0.2, 0.25) is 5.91 Å². The van der Waals surface area contributed by atoms with Crippen molar-refractivity contribution in [3.63, 3.8) is 0 Å². The summed E-state index contributed by atoms with van der Waals surface area (Å²) in [5, 5.41) is 23.9. The second-order valence-corrected chi connectivity index (χ2v) is 5.74. The molecule has 0 atom stereocenters. The molecule has 0 radical (unpaired) electrons. The summed E-state index contributed by atoms with van der Waals surface area (Å²) in [7, 11) is 0. The smallest absolute Gasteiger partial charge is 0.408 e. The number of hydrogen-bond acceptors (Lipinski definition) is 7. The van der Waals surface area contributed by atoms with Crippen LogP contribution in [0.15, 0.2) is 45.6 Å². The SMILES string of the molecule is O=C(Cn1c(=O)oc2ccc([N+](=O)[O-])cc21)Nc1ccc([N+](=O)[O-])cc1Cl. The maximum atomic E-state index is 12.2. The predicted octanol–water partition coefficient (Wildman–Crippen LogP) is 2.70. The van der Waals surface area contributed by atoms with E-state index in [-0.39, 0.29) is 33.2 Å². The van der Waals surface area contributed by atoms with Crippen LogP contribution in [0.3, 0.4) is 0 Å². The topological polar surface area (TPSA) is 151 Å². The third-order valence-electron chi connectivity index (χ3n) is 3.60. The second-order valence-electron chi connectivity index (χ2n) is 5.33. The molecule has 1 heterocycles. The highest BCUT2D eigenvalue weighted by atomic mass is 35.5. The van der Waals surface area contributed by atoms with Crippen molar-refractivity contribution in [1.82, 2.24) is 4.57 Å². The lowest BCUT2D eigenvalue weighted by molar-refractivity contribution is -0.385. The summed E-state index contributed by atoms with van der Waals surface area (Å²) >= 11 is 5.90. The van der Waals surface area contributed by atoms with E-state index in [9.17, 15) is 29.8 Å². The predicted molar refractivity (Wildman–Crippen MR) is 93.9 cm³/mol. The zero-order valence-electron chi connectivity index (χ0n) is 13.2. The summed E-state index contributed by atoms with van der Waals surface area (Å²) in [6.45, 7) is -0.500. The van der Waals surface area contributed by atoms with E-state index in [2.05, 4.69) is 5.32 Å². The van der Waals surface area contributed by atoms with Crippen molar-refractivity contribution in [2.24, 2.45) is 0 Å². The Bertz CT molecular complexity index is 1150. The van der Waals surface area contributed by atoms with E-state index in [0.29, 0.717) is 0 Å². The number of amides is 1. The number of aromatic nitrogens is 1. The maximum absolute atomic E-state index is 12.2. The van der Waals surface area contributed by atoms with Gasteiger partial charge in [0.15, 0.2) is 5.58 Å². The molecule has 138 valence electrons. The maximum Gasteiger partial charge on any atom is 0.420 e. The van der Waals surface area contributed by atoms with E-state index in [4.69, 9.17) is 16.0 Å². The van der Waals surface area contributed by atoms with Crippen LogP contribution in [0.4, 0.5) is 17.1 Å². The van der Waals surface area contributed by atoms with Crippen LogP contribution in [-0.2, 0) is 11.3 Å². The average molecular weight is 393 g/mol. The molecule has 0 saturated heterocycles. The number of anilines is 1. The molecule has 0 aliphatic rings. The quantitative estimate of drug-likeness (QED) is 0.517. The van der Waals surface area contributed by atoms with Gasteiger partial charge in [-0.2, -0.15) is 0 Å². The van der Waals surface area contributed by atoms with Crippen molar-refractivity contribution in [3.8, 4) is 0 Å². The molecule has 0 aliphatic heterocycles. The molecule has 3 rings (SSSR count). The highest BCUT2D eigenvalue weighted by Crippen LogP contribution is 2.27. The fraction of sp³-hybridized carbons (Fsp3) is 0.0667. The Hall–Kier alpha value is -3.73. The number of hydrogen-bond donors (Lipinski definition) is 1. The minimum Gasteiger partial charge on any atom is -0.408 e. The van der Waals surface area contributed by atoms with Gasteiger partial charge in [-0.15, -0.1) is 0 Å². The van der Waals surface area contributed by atoms with Crippen LogP contribution in [0.1, 0.15) is 0 Å². The lowest BCUT2D eigenvalue weighted by Crippen LogP contribution is -2.24. The van der Waals surface area contributed by atoms with Crippen LogP contribution in [0.25, 0.3) is 11.1 Å². The summed E-state index contributed by atoms with van der Waals surface area (Å²) in [6.07, 6.45) is 0. The normalized spacial score (nSPS) is 10.7. The number of halogens is 1. The third-order valence-corrected chi connectivity index (χ3v) is 3.91. The Balaban J connectivity index is 1.87. The van der Waals surface area contributed by atoms with Crippen LogP contribution >= 0.6 is 11.6 Å². The third kappa shape index (κ3) is 3.62. The van der Waals surface area contributed by atoms with Crippen LogP contribution in [0.5, 0.6) is 0 Å². The van der Waals surface area contributed by atoms with E-state index in [1.165, 1.54) is 18.2 Å². The Kier molecular flexibility index (Phi) is 4.60. The first-order chi connectivity index (χ1) is 12.8.